The van der Waals surface area contributed by atoms with Crippen molar-refractivity contribution in [1.82, 2.24) is 20.2 Å². The van der Waals surface area contributed by atoms with E-state index in [2.05, 4.69) is 15.2 Å². The standard InChI is InChI=1S/C28H34N4O3S/c33-27(23-3-1-5-24-22(23)4-2-13-29-24)30-20-8-6-19(7-9-20)10-14-32-15-11-26-25(17-32)31-28(36-26)35-21-12-16-34-18-21/h1-5,13,19-21H,6-12,14-18H2,(H,30,33)/t19-,20-,21-/m1/s1. The quantitative estimate of drug-likeness (QED) is 0.505. The first-order valence-corrected chi connectivity index (χ1v) is 14.1. The zero-order chi connectivity index (χ0) is 24.3. The first kappa shape index (κ1) is 23.8. The number of hydrogen-bond donors (Lipinski definition) is 1. The predicted octanol–water partition coefficient (Wildman–Crippen LogP) is 4.60. The largest absolute Gasteiger partial charge is 0.464 e. The van der Waals surface area contributed by atoms with Gasteiger partial charge in [0, 0.05) is 47.6 Å². The van der Waals surface area contributed by atoms with Crippen LogP contribution in [0.3, 0.4) is 0 Å². The summed E-state index contributed by atoms with van der Waals surface area (Å²) < 4.78 is 11.5. The van der Waals surface area contributed by atoms with Gasteiger partial charge < -0.3 is 14.8 Å². The van der Waals surface area contributed by atoms with Gasteiger partial charge in [-0.05, 0) is 69.2 Å². The fourth-order valence-corrected chi connectivity index (χ4v) is 6.72. The van der Waals surface area contributed by atoms with E-state index in [9.17, 15) is 4.79 Å². The molecule has 8 heteroatoms. The number of pyridine rings is 1. The third-order valence-corrected chi connectivity index (χ3v) is 8.92. The maximum atomic E-state index is 13.0. The van der Waals surface area contributed by atoms with Crippen LogP contribution >= 0.6 is 11.3 Å². The van der Waals surface area contributed by atoms with Gasteiger partial charge in [0.05, 0.1) is 24.4 Å². The van der Waals surface area contributed by atoms with Crippen LogP contribution in [0.4, 0.5) is 0 Å². The highest BCUT2D eigenvalue weighted by molar-refractivity contribution is 7.13. The molecule has 0 bridgehead atoms. The molecule has 1 amide bonds. The molecule has 0 spiro atoms. The minimum absolute atomic E-state index is 0.0215. The summed E-state index contributed by atoms with van der Waals surface area (Å²) in [5, 5.41) is 5.02. The summed E-state index contributed by atoms with van der Waals surface area (Å²) in [7, 11) is 0. The second-order valence-corrected chi connectivity index (χ2v) is 11.4. The van der Waals surface area contributed by atoms with E-state index in [1.807, 2.05) is 30.3 Å². The maximum absolute atomic E-state index is 13.0. The van der Waals surface area contributed by atoms with Crippen molar-refractivity contribution in [2.75, 3.05) is 26.3 Å². The molecule has 1 N–H and O–H groups in total. The van der Waals surface area contributed by atoms with Crippen molar-refractivity contribution in [2.24, 2.45) is 5.92 Å². The summed E-state index contributed by atoms with van der Waals surface area (Å²) in [5.41, 5.74) is 2.79. The molecule has 2 aromatic heterocycles. The fraction of sp³-hybridized carbons (Fsp3) is 0.536. The van der Waals surface area contributed by atoms with Gasteiger partial charge in [0.2, 0.25) is 0 Å². The number of aromatic nitrogens is 2. The highest BCUT2D eigenvalue weighted by atomic mass is 32.1. The number of fused-ring (bicyclic) bond motifs is 2. The highest BCUT2D eigenvalue weighted by Gasteiger charge is 2.27. The van der Waals surface area contributed by atoms with Crippen LogP contribution in [0.2, 0.25) is 0 Å². The molecule has 2 fully saturated rings. The molecule has 3 aromatic rings. The number of benzene rings is 1. The van der Waals surface area contributed by atoms with E-state index in [-0.39, 0.29) is 18.1 Å². The lowest BCUT2D eigenvalue weighted by Crippen LogP contribution is -2.38. The Kier molecular flexibility index (Phi) is 7.16. The topological polar surface area (TPSA) is 76.6 Å². The van der Waals surface area contributed by atoms with Gasteiger partial charge in [-0.1, -0.05) is 23.5 Å². The van der Waals surface area contributed by atoms with Gasteiger partial charge in [0.25, 0.3) is 11.1 Å². The lowest BCUT2D eigenvalue weighted by atomic mass is 9.84. The average Bonchev–Trinajstić information content (AvgIpc) is 3.57. The van der Waals surface area contributed by atoms with Crippen LogP contribution in [-0.4, -0.2) is 59.2 Å². The highest BCUT2D eigenvalue weighted by Crippen LogP contribution is 2.32. The maximum Gasteiger partial charge on any atom is 0.274 e. The van der Waals surface area contributed by atoms with Crippen molar-refractivity contribution < 1.29 is 14.3 Å². The van der Waals surface area contributed by atoms with E-state index in [0.29, 0.717) is 6.61 Å². The van der Waals surface area contributed by atoms with Crippen LogP contribution in [-0.2, 0) is 17.7 Å². The van der Waals surface area contributed by atoms with Crippen LogP contribution in [0, 0.1) is 5.92 Å². The van der Waals surface area contributed by atoms with E-state index in [1.165, 1.54) is 29.8 Å². The van der Waals surface area contributed by atoms with E-state index in [1.54, 1.807) is 17.5 Å². The SMILES string of the molecule is O=C(N[C@H]1CC[C@H](CCN2CCc3sc(O[C@@H]4CCOC4)nc3C2)CC1)c1cccc2ncccc12. The van der Waals surface area contributed by atoms with Crippen LogP contribution < -0.4 is 10.1 Å². The third-order valence-electron chi connectivity index (χ3n) is 7.87. The summed E-state index contributed by atoms with van der Waals surface area (Å²) in [4.78, 5) is 26.1. The number of nitrogens with one attached hydrogen (secondary N) is 1. The lowest BCUT2D eigenvalue weighted by Gasteiger charge is -2.32. The molecule has 6 rings (SSSR count). The van der Waals surface area contributed by atoms with E-state index < -0.39 is 0 Å². The van der Waals surface area contributed by atoms with Crippen molar-refractivity contribution in [3.05, 3.63) is 52.7 Å². The Morgan fingerprint density at radius 3 is 2.94 bits per heavy atom. The molecule has 190 valence electrons. The number of carbonyl (C=O) groups is 1. The van der Waals surface area contributed by atoms with Gasteiger partial charge in [-0.25, -0.2) is 4.98 Å². The molecule has 36 heavy (non-hydrogen) atoms. The predicted molar refractivity (Wildman–Crippen MR) is 141 cm³/mol. The third kappa shape index (κ3) is 5.41. The number of ether oxygens (including phenoxy) is 2. The van der Waals surface area contributed by atoms with Crippen LogP contribution in [0.25, 0.3) is 10.9 Å². The smallest absolute Gasteiger partial charge is 0.274 e. The Hall–Kier alpha value is -2.55. The Bertz CT molecular complexity index is 1200. The molecule has 1 saturated carbocycles. The molecule has 2 aliphatic heterocycles. The first-order valence-electron chi connectivity index (χ1n) is 13.3. The molecule has 4 heterocycles. The Labute approximate surface area is 216 Å². The zero-order valence-electron chi connectivity index (χ0n) is 20.7. The Balaban J connectivity index is 0.952. The molecule has 1 atom stereocenters. The van der Waals surface area contributed by atoms with Gasteiger partial charge in [-0.3, -0.25) is 14.7 Å². The van der Waals surface area contributed by atoms with E-state index in [0.717, 1.165) is 79.5 Å². The van der Waals surface area contributed by atoms with Crippen molar-refractivity contribution >= 4 is 28.1 Å². The van der Waals surface area contributed by atoms with Crippen LogP contribution in [0.15, 0.2) is 36.5 Å². The number of carbonyl (C=O) groups excluding carboxylic acids is 1. The lowest BCUT2D eigenvalue weighted by molar-refractivity contribution is 0.0921. The van der Waals surface area contributed by atoms with Gasteiger partial charge in [-0.15, -0.1) is 0 Å². The zero-order valence-corrected chi connectivity index (χ0v) is 21.5. The second-order valence-electron chi connectivity index (χ2n) is 10.3. The molecular formula is C28H34N4O3S. The average molecular weight is 507 g/mol. The van der Waals surface area contributed by atoms with Crippen molar-refractivity contribution in [3.8, 4) is 5.19 Å². The summed E-state index contributed by atoms with van der Waals surface area (Å²) in [6.45, 7) is 4.63. The monoisotopic (exact) mass is 506 g/mol. The molecule has 1 aliphatic carbocycles. The van der Waals surface area contributed by atoms with Crippen LogP contribution in [0.1, 0.15) is 59.5 Å². The molecule has 7 nitrogen and oxygen atoms in total. The molecule has 3 aliphatic rings. The van der Waals surface area contributed by atoms with Crippen molar-refractivity contribution in [3.63, 3.8) is 0 Å². The normalized spacial score (nSPS) is 24.5. The van der Waals surface area contributed by atoms with E-state index in [4.69, 9.17) is 14.5 Å². The molecule has 1 aromatic carbocycles. The molecular weight excluding hydrogens is 472 g/mol. The van der Waals surface area contributed by atoms with Gasteiger partial charge in [0.1, 0.15) is 6.10 Å². The minimum atomic E-state index is 0.0215. The van der Waals surface area contributed by atoms with Gasteiger partial charge in [0.15, 0.2) is 0 Å². The number of rotatable bonds is 7. The van der Waals surface area contributed by atoms with Crippen LogP contribution in [0.5, 0.6) is 5.19 Å². The Morgan fingerprint density at radius 1 is 1.17 bits per heavy atom. The van der Waals surface area contributed by atoms with Gasteiger partial charge in [-0.2, -0.15) is 0 Å². The molecule has 1 saturated heterocycles. The number of amides is 1. The summed E-state index contributed by atoms with van der Waals surface area (Å²) in [6.07, 6.45) is 9.66. The summed E-state index contributed by atoms with van der Waals surface area (Å²) in [5.74, 6) is 0.756. The Morgan fingerprint density at radius 2 is 2.08 bits per heavy atom. The molecule has 0 radical (unpaired) electrons. The number of nitrogens with zero attached hydrogens (tertiary/aromatic N) is 3. The number of hydrogen-bond acceptors (Lipinski definition) is 7. The number of thiazole rings is 1. The van der Waals surface area contributed by atoms with Crippen molar-refractivity contribution in [2.45, 2.75) is 63.6 Å². The van der Waals surface area contributed by atoms with E-state index >= 15 is 0 Å². The summed E-state index contributed by atoms with van der Waals surface area (Å²) >= 11 is 1.72. The minimum Gasteiger partial charge on any atom is -0.464 e. The first-order chi connectivity index (χ1) is 17.7. The second kappa shape index (κ2) is 10.8. The fourth-order valence-electron chi connectivity index (χ4n) is 5.74. The summed E-state index contributed by atoms with van der Waals surface area (Å²) in [6, 6.07) is 9.89. The van der Waals surface area contributed by atoms with Crippen molar-refractivity contribution in [1.29, 1.82) is 0 Å². The molecule has 0 unspecified atom stereocenters. The van der Waals surface area contributed by atoms with Gasteiger partial charge >= 0.3 is 0 Å².